The maximum atomic E-state index is 12.1. The summed E-state index contributed by atoms with van der Waals surface area (Å²) >= 11 is 3.35. The van der Waals surface area contributed by atoms with E-state index in [1.165, 1.54) is 0 Å². The molecule has 1 amide bonds. The minimum Gasteiger partial charge on any atom is -0.481 e. The highest BCUT2D eigenvalue weighted by Gasteiger charge is 2.16. The third-order valence-electron chi connectivity index (χ3n) is 2.74. The van der Waals surface area contributed by atoms with Crippen LogP contribution in [-0.2, 0) is 4.79 Å². The molecule has 0 bridgehead atoms. The first-order chi connectivity index (χ1) is 8.81. The smallest absolute Gasteiger partial charge is 0.303 e. The molecule has 1 atom stereocenters. The van der Waals surface area contributed by atoms with Crippen LogP contribution < -0.4 is 5.32 Å². The number of nitrogens with zero attached hydrogens (tertiary/aromatic N) is 1. The first-order valence-electron chi connectivity index (χ1n) is 6.18. The van der Waals surface area contributed by atoms with Gasteiger partial charge >= 0.3 is 5.97 Å². The number of aromatic nitrogens is 1. The largest absolute Gasteiger partial charge is 0.481 e. The van der Waals surface area contributed by atoms with Crippen molar-refractivity contribution in [3.63, 3.8) is 0 Å². The topological polar surface area (TPSA) is 71.3 Å². The lowest BCUT2D eigenvalue weighted by atomic mass is 10.1. The minimum atomic E-state index is -0.852. The molecule has 19 heavy (non-hydrogen) atoms. The van der Waals surface area contributed by atoms with E-state index in [1.54, 1.807) is 13.0 Å². The molecule has 0 aliphatic rings. The van der Waals surface area contributed by atoms with E-state index in [-0.39, 0.29) is 24.3 Å². The van der Waals surface area contributed by atoms with Gasteiger partial charge in [-0.2, -0.15) is 0 Å². The van der Waals surface area contributed by atoms with Crippen LogP contribution in [0.2, 0.25) is 0 Å². The highest BCUT2D eigenvalue weighted by molar-refractivity contribution is 9.10. The molecular weight excluding hydrogens is 312 g/mol. The van der Waals surface area contributed by atoms with Crippen molar-refractivity contribution in [3.05, 3.63) is 22.4 Å². The van der Waals surface area contributed by atoms with Crippen molar-refractivity contribution in [3.8, 4) is 0 Å². The predicted molar refractivity (Wildman–Crippen MR) is 76.3 cm³/mol. The summed E-state index contributed by atoms with van der Waals surface area (Å²) in [6, 6.07) is 1.94. The number of halogens is 1. The number of aliphatic carboxylic acids is 1. The molecule has 106 valence electrons. The summed E-state index contributed by atoms with van der Waals surface area (Å²) in [7, 11) is 0. The fraction of sp³-hybridized carbons (Fsp3) is 0.538. The molecule has 1 aromatic heterocycles. The molecule has 0 saturated heterocycles. The summed E-state index contributed by atoms with van der Waals surface area (Å²) in [5.74, 6) is -1.13. The Kier molecular flexibility index (Phi) is 5.60. The first-order valence-corrected chi connectivity index (χ1v) is 6.98. The van der Waals surface area contributed by atoms with Gasteiger partial charge in [0.05, 0.1) is 0 Å². The van der Waals surface area contributed by atoms with E-state index in [9.17, 15) is 9.59 Å². The van der Waals surface area contributed by atoms with Crippen LogP contribution in [0.25, 0.3) is 0 Å². The van der Waals surface area contributed by atoms with Gasteiger partial charge in [-0.1, -0.05) is 6.92 Å². The van der Waals surface area contributed by atoms with Gasteiger partial charge in [0.1, 0.15) is 5.69 Å². The van der Waals surface area contributed by atoms with Crippen LogP contribution in [0.1, 0.15) is 43.7 Å². The van der Waals surface area contributed by atoms with Crippen LogP contribution in [0.3, 0.4) is 0 Å². The number of hydrogen-bond acceptors (Lipinski definition) is 2. The molecule has 0 radical (unpaired) electrons. The van der Waals surface area contributed by atoms with Crippen LogP contribution in [-0.4, -0.2) is 28.1 Å². The highest BCUT2D eigenvalue weighted by atomic mass is 79.9. The van der Waals surface area contributed by atoms with Crippen molar-refractivity contribution in [2.45, 2.75) is 33.2 Å². The predicted octanol–water partition coefficient (Wildman–Crippen LogP) is 2.67. The van der Waals surface area contributed by atoms with Gasteiger partial charge in [0, 0.05) is 29.7 Å². The van der Waals surface area contributed by atoms with Crippen molar-refractivity contribution in [2.24, 2.45) is 5.92 Å². The fourth-order valence-electron chi connectivity index (χ4n) is 1.78. The van der Waals surface area contributed by atoms with Gasteiger partial charge in [0.25, 0.3) is 5.91 Å². The Morgan fingerprint density at radius 2 is 2.05 bits per heavy atom. The molecular formula is C13H19BrN2O3. The Hall–Kier alpha value is -1.30. The minimum absolute atomic E-state index is 0.0508. The van der Waals surface area contributed by atoms with Crippen molar-refractivity contribution in [2.75, 3.05) is 6.54 Å². The van der Waals surface area contributed by atoms with Crippen molar-refractivity contribution >= 4 is 27.8 Å². The Balaban J connectivity index is 2.66. The number of rotatable bonds is 6. The first kappa shape index (κ1) is 15.8. The number of carbonyl (C=O) groups is 2. The van der Waals surface area contributed by atoms with Gasteiger partial charge < -0.3 is 15.0 Å². The lowest BCUT2D eigenvalue weighted by Crippen LogP contribution is -2.31. The molecule has 1 rings (SSSR count). The molecule has 2 N–H and O–H groups in total. The molecule has 1 aromatic rings. The summed E-state index contributed by atoms with van der Waals surface area (Å²) in [6.45, 7) is 6.14. The molecule has 0 fully saturated rings. The average Bonchev–Trinajstić information content (AvgIpc) is 2.67. The van der Waals surface area contributed by atoms with E-state index in [0.717, 1.165) is 4.47 Å². The monoisotopic (exact) mass is 330 g/mol. The fourth-order valence-corrected chi connectivity index (χ4v) is 2.22. The number of carboxylic acids is 1. The van der Waals surface area contributed by atoms with Gasteiger partial charge in [0.15, 0.2) is 0 Å². The number of nitrogens with one attached hydrogen (secondary N) is 1. The summed E-state index contributed by atoms with van der Waals surface area (Å²) in [6.07, 6.45) is 1.91. The summed E-state index contributed by atoms with van der Waals surface area (Å²) in [5.41, 5.74) is 0.574. The van der Waals surface area contributed by atoms with Crippen molar-refractivity contribution < 1.29 is 14.7 Å². The summed E-state index contributed by atoms with van der Waals surface area (Å²) in [4.78, 5) is 22.6. The standard InChI is InChI=1S/C13H19BrN2O3/c1-8(2)16-7-10(14)5-11(16)13(19)15-6-9(3)4-12(17)18/h5,7-9H,4,6H2,1-3H3,(H,15,19)(H,17,18). The second kappa shape index (κ2) is 6.75. The zero-order valence-corrected chi connectivity index (χ0v) is 12.9. The van der Waals surface area contributed by atoms with E-state index in [4.69, 9.17) is 5.11 Å². The van der Waals surface area contributed by atoms with Crippen molar-refractivity contribution in [1.82, 2.24) is 9.88 Å². The maximum absolute atomic E-state index is 12.1. The molecule has 0 spiro atoms. The van der Waals surface area contributed by atoms with E-state index in [2.05, 4.69) is 21.2 Å². The van der Waals surface area contributed by atoms with Crippen LogP contribution in [0.4, 0.5) is 0 Å². The van der Waals surface area contributed by atoms with Crippen LogP contribution in [0, 0.1) is 5.92 Å². The van der Waals surface area contributed by atoms with Crippen LogP contribution in [0.5, 0.6) is 0 Å². The van der Waals surface area contributed by atoms with E-state index in [1.807, 2.05) is 24.6 Å². The lowest BCUT2D eigenvalue weighted by Gasteiger charge is -2.14. The van der Waals surface area contributed by atoms with Gasteiger partial charge in [-0.15, -0.1) is 0 Å². The van der Waals surface area contributed by atoms with Gasteiger partial charge in [0.2, 0.25) is 0 Å². The summed E-state index contributed by atoms with van der Waals surface area (Å²) in [5, 5.41) is 11.4. The van der Waals surface area contributed by atoms with Crippen LogP contribution >= 0.6 is 15.9 Å². The zero-order valence-electron chi connectivity index (χ0n) is 11.3. The molecule has 0 aliphatic heterocycles. The van der Waals surface area contributed by atoms with E-state index < -0.39 is 5.97 Å². The van der Waals surface area contributed by atoms with Gasteiger partial charge in [-0.3, -0.25) is 9.59 Å². The molecule has 5 nitrogen and oxygen atoms in total. The average molecular weight is 331 g/mol. The Bertz CT molecular complexity index is 468. The van der Waals surface area contributed by atoms with E-state index in [0.29, 0.717) is 12.2 Å². The molecule has 1 heterocycles. The quantitative estimate of drug-likeness (QED) is 0.842. The Morgan fingerprint density at radius 3 is 2.58 bits per heavy atom. The molecule has 1 unspecified atom stereocenters. The summed E-state index contributed by atoms with van der Waals surface area (Å²) < 4.78 is 2.73. The second-order valence-corrected chi connectivity index (χ2v) is 5.87. The van der Waals surface area contributed by atoms with Gasteiger partial charge in [-0.05, 0) is 41.8 Å². The maximum Gasteiger partial charge on any atom is 0.303 e. The molecule has 0 aromatic carbocycles. The van der Waals surface area contributed by atoms with E-state index >= 15 is 0 Å². The Morgan fingerprint density at radius 1 is 1.42 bits per heavy atom. The Labute approximate surface area is 121 Å². The lowest BCUT2D eigenvalue weighted by molar-refractivity contribution is -0.137. The highest BCUT2D eigenvalue weighted by Crippen LogP contribution is 2.19. The second-order valence-electron chi connectivity index (χ2n) is 4.96. The SMILES string of the molecule is CC(CNC(=O)c1cc(Br)cn1C(C)C)CC(=O)O. The number of carbonyl (C=O) groups excluding carboxylic acids is 1. The third kappa shape index (κ3) is 4.70. The zero-order chi connectivity index (χ0) is 14.6. The molecule has 0 aliphatic carbocycles. The number of carboxylic acid groups (broad SMARTS) is 1. The molecule has 0 saturated carbocycles. The third-order valence-corrected chi connectivity index (χ3v) is 3.17. The number of amides is 1. The number of hydrogen-bond donors (Lipinski definition) is 2. The van der Waals surface area contributed by atoms with Crippen molar-refractivity contribution in [1.29, 1.82) is 0 Å². The normalized spacial score (nSPS) is 12.5. The van der Waals surface area contributed by atoms with Crippen LogP contribution in [0.15, 0.2) is 16.7 Å². The van der Waals surface area contributed by atoms with Gasteiger partial charge in [-0.25, -0.2) is 0 Å². The molecule has 6 heteroatoms.